The fraction of sp³-hybridized carbons (Fsp3) is 0.167. The number of nitrogens with zero attached hydrogens (tertiary/aromatic N) is 3. The Bertz CT molecular complexity index is 551. The number of amides is 1. The van der Waals surface area contributed by atoms with Crippen LogP contribution >= 0.6 is 0 Å². The lowest BCUT2D eigenvalue weighted by Gasteiger charge is -2.17. The molecule has 0 fully saturated rings. The summed E-state index contributed by atoms with van der Waals surface area (Å²) in [4.78, 5) is 23.5. The number of aromatic nitrogens is 3. The molecule has 0 spiro atoms. The smallest absolute Gasteiger partial charge is 0.370 e. The average molecular weight is 244 g/mol. The Morgan fingerprint density at radius 3 is 2.67 bits per heavy atom. The Labute approximate surface area is 104 Å². The predicted molar refractivity (Wildman–Crippen MR) is 64.1 cm³/mol. The molecule has 0 saturated heterocycles. The number of hydrogen-bond donors (Lipinski definition) is 1. The number of nitrogens with one attached hydrogen (secondary N) is 1. The molecule has 0 bridgehead atoms. The standard InChI is InChI=1S/C12H12N4O2/c1-8-5-9(2)15-11(6-8)16(18)12(17)10-7-13-3-4-14-10/h3-7,16H,1-2H3. The second-order valence-corrected chi connectivity index (χ2v) is 3.92. The summed E-state index contributed by atoms with van der Waals surface area (Å²) < 4.78 is 0. The van der Waals surface area contributed by atoms with Crippen LogP contribution < -0.4 is 5.06 Å². The lowest BCUT2D eigenvalue weighted by molar-refractivity contribution is -0.683. The predicted octanol–water partition coefficient (Wildman–Crippen LogP) is 0.343. The van der Waals surface area contributed by atoms with Gasteiger partial charge in [-0.25, -0.2) is 14.8 Å². The minimum atomic E-state index is -0.694. The number of aryl methyl sites for hydroxylation is 2. The molecule has 92 valence electrons. The molecule has 0 aromatic carbocycles. The average Bonchev–Trinajstić information content (AvgIpc) is 2.37. The monoisotopic (exact) mass is 244 g/mol. The number of hydrogen-bond acceptors (Lipinski definition) is 5. The Morgan fingerprint density at radius 2 is 2.06 bits per heavy atom. The molecule has 2 heterocycles. The van der Waals surface area contributed by atoms with Gasteiger partial charge in [-0.1, -0.05) is 0 Å². The van der Waals surface area contributed by atoms with Gasteiger partial charge in [0.25, 0.3) is 0 Å². The van der Waals surface area contributed by atoms with Gasteiger partial charge in [0.15, 0.2) is 5.69 Å². The van der Waals surface area contributed by atoms with Gasteiger partial charge in [-0.3, -0.25) is 10.0 Å². The zero-order valence-corrected chi connectivity index (χ0v) is 10.0. The van der Waals surface area contributed by atoms with Gasteiger partial charge in [-0.15, -0.1) is 0 Å². The SMILES string of the molecule is Cc1cc(C)nc([NH+]([O-])C(=O)c2cnccn2)c1. The number of pyridine rings is 1. The Balaban J connectivity index is 2.31. The Hall–Kier alpha value is -2.18. The first kappa shape index (κ1) is 12.3. The van der Waals surface area contributed by atoms with E-state index >= 15 is 0 Å². The van der Waals surface area contributed by atoms with E-state index in [1.165, 1.54) is 18.6 Å². The van der Waals surface area contributed by atoms with E-state index in [1.807, 2.05) is 13.0 Å². The summed E-state index contributed by atoms with van der Waals surface area (Å²) in [6, 6.07) is 3.42. The lowest BCUT2D eigenvalue weighted by Crippen LogP contribution is -3.05. The van der Waals surface area contributed by atoms with Crippen molar-refractivity contribution in [1.29, 1.82) is 0 Å². The van der Waals surface area contributed by atoms with E-state index < -0.39 is 11.0 Å². The minimum Gasteiger partial charge on any atom is -0.620 e. The van der Waals surface area contributed by atoms with Crippen molar-refractivity contribution in [3.63, 3.8) is 0 Å². The van der Waals surface area contributed by atoms with Crippen LogP contribution in [0, 0.1) is 19.1 Å². The molecule has 6 heteroatoms. The molecule has 18 heavy (non-hydrogen) atoms. The molecule has 0 aliphatic heterocycles. The third-order valence-corrected chi connectivity index (χ3v) is 2.33. The molecule has 0 aliphatic rings. The molecule has 1 unspecified atom stereocenters. The number of rotatable bonds is 2. The highest BCUT2D eigenvalue weighted by Gasteiger charge is 2.19. The summed E-state index contributed by atoms with van der Waals surface area (Å²) in [6.07, 6.45) is 4.08. The van der Waals surface area contributed by atoms with Crippen LogP contribution in [0.5, 0.6) is 0 Å². The van der Waals surface area contributed by atoms with Gasteiger partial charge < -0.3 is 5.21 Å². The van der Waals surface area contributed by atoms with Gasteiger partial charge in [0.1, 0.15) is 0 Å². The quantitative estimate of drug-likeness (QED) is 0.770. The third kappa shape index (κ3) is 2.55. The fourth-order valence-corrected chi connectivity index (χ4v) is 1.61. The molecule has 1 amide bonds. The van der Waals surface area contributed by atoms with E-state index in [-0.39, 0.29) is 11.5 Å². The van der Waals surface area contributed by atoms with Gasteiger partial charge >= 0.3 is 5.91 Å². The van der Waals surface area contributed by atoms with Crippen LogP contribution in [0.25, 0.3) is 0 Å². The summed E-state index contributed by atoms with van der Waals surface area (Å²) in [6.45, 7) is 3.62. The summed E-state index contributed by atoms with van der Waals surface area (Å²) in [5.41, 5.74) is 1.62. The van der Waals surface area contributed by atoms with Crippen molar-refractivity contribution in [2.75, 3.05) is 0 Å². The largest absolute Gasteiger partial charge is 0.620 e. The van der Waals surface area contributed by atoms with Crippen molar-refractivity contribution >= 4 is 11.7 Å². The molecular formula is C12H12N4O2. The first-order chi connectivity index (χ1) is 8.58. The molecule has 2 aromatic rings. The number of quaternary nitrogens is 1. The van der Waals surface area contributed by atoms with E-state index in [0.717, 1.165) is 5.56 Å². The molecular weight excluding hydrogens is 232 g/mol. The Morgan fingerprint density at radius 1 is 1.28 bits per heavy atom. The molecule has 2 rings (SSSR count). The van der Waals surface area contributed by atoms with Crippen LogP contribution in [0.2, 0.25) is 0 Å². The Kier molecular flexibility index (Phi) is 3.40. The normalized spacial score (nSPS) is 12.2. The highest BCUT2D eigenvalue weighted by Crippen LogP contribution is 2.05. The zero-order valence-electron chi connectivity index (χ0n) is 10.0. The van der Waals surface area contributed by atoms with Crippen molar-refractivity contribution in [1.82, 2.24) is 15.0 Å². The van der Waals surface area contributed by atoms with Crippen molar-refractivity contribution in [2.24, 2.45) is 0 Å². The highest BCUT2D eigenvalue weighted by molar-refractivity contribution is 5.85. The number of hydroxylamine groups is 1. The maximum absolute atomic E-state index is 12.0. The lowest BCUT2D eigenvalue weighted by atomic mass is 10.2. The van der Waals surface area contributed by atoms with Crippen LogP contribution in [-0.2, 0) is 0 Å². The van der Waals surface area contributed by atoms with E-state index in [1.54, 1.807) is 13.0 Å². The van der Waals surface area contributed by atoms with Crippen LogP contribution in [0.4, 0.5) is 5.82 Å². The summed E-state index contributed by atoms with van der Waals surface area (Å²) in [5.74, 6) is -0.552. The molecule has 1 N–H and O–H groups in total. The summed E-state index contributed by atoms with van der Waals surface area (Å²) in [5, 5.41) is 11.3. The minimum absolute atomic E-state index is 0.0310. The summed E-state index contributed by atoms with van der Waals surface area (Å²) >= 11 is 0. The van der Waals surface area contributed by atoms with E-state index in [9.17, 15) is 10.0 Å². The van der Waals surface area contributed by atoms with Crippen molar-refractivity contribution < 1.29 is 9.86 Å². The summed E-state index contributed by atoms with van der Waals surface area (Å²) in [7, 11) is 0. The van der Waals surface area contributed by atoms with Gasteiger partial charge in [-0.05, 0) is 25.5 Å². The topological polar surface area (TPSA) is 83.2 Å². The van der Waals surface area contributed by atoms with Gasteiger partial charge in [0.2, 0.25) is 5.82 Å². The zero-order chi connectivity index (χ0) is 13.1. The van der Waals surface area contributed by atoms with Crippen LogP contribution in [0.3, 0.4) is 0 Å². The number of carbonyl (C=O) groups is 1. The molecule has 0 radical (unpaired) electrons. The van der Waals surface area contributed by atoms with Crippen molar-refractivity contribution in [3.8, 4) is 0 Å². The van der Waals surface area contributed by atoms with E-state index in [2.05, 4.69) is 15.0 Å². The van der Waals surface area contributed by atoms with E-state index in [4.69, 9.17) is 0 Å². The van der Waals surface area contributed by atoms with Crippen LogP contribution in [0.15, 0.2) is 30.7 Å². The van der Waals surface area contributed by atoms with E-state index in [0.29, 0.717) is 5.69 Å². The van der Waals surface area contributed by atoms with Crippen LogP contribution in [-0.4, -0.2) is 20.9 Å². The number of carbonyl (C=O) groups excluding carboxylic acids is 1. The molecule has 0 saturated carbocycles. The first-order valence-electron chi connectivity index (χ1n) is 5.38. The second kappa shape index (κ2) is 4.99. The molecule has 0 aliphatic carbocycles. The second-order valence-electron chi connectivity index (χ2n) is 3.92. The van der Waals surface area contributed by atoms with Crippen molar-refractivity contribution in [2.45, 2.75) is 13.8 Å². The molecule has 6 nitrogen and oxygen atoms in total. The van der Waals surface area contributed by atoms with Crippen LogP contribution in [0.1, 0.15) is 21.7 Å². The highest BCUT2D eigenvalue weighted by atomic mass is 16.5. The maximum Gasteiger partial charge on any atom is 0.370 e. The fourth-order valence-electron chi connectivity index (χ4n) is 1.61. The third-order valence-electron chi connectivity index (χ3n) is 2.33. The molecule has 1 atom stereocenters. The van der Waals surface area contributed by atoms with Crippen molar-refractivity contribution in [3.05, 3.63) is 52.9 Å². The molecule has 2 aromatic heterocycles. The van der Waals surface area contributed by atoms with Gasteiger partial charge in [0, 0.05) is 24.2 Å². The van der Waals surface area contributed by atoms with Gasteiger partial charge in [-0.2, -0.15) is 0 Å². The van der Waals surface area contributed by atoms with Gasteiger partial charge in [0.05, 0.1) is 6.20 Å². The maximum atomic E-state index is 12.0. The first-order valence-corrected chi connectivity index (χ1v) is 5.38.